The van der Waals surface area contributed by atoms with Gasteiger partial charge in [0.05, 0.1) is 10.5 Å². The van der Waals surface area contributed by atoms with Gasteiger partial charge in [-0.1, -0.05) is 23.2 Å². The molecule has 2 aromatic rings. The number of hydrogen-bond donors (Lipinski definition) is 0. The molecule has 0 bridgehead atoms. The van der Waals surface area contributed by atoms with E-state index in [1.54, 1.807) is 18.2 Å². The van der Waals surface area contributed by atoms with E-state index in [1.165, 1.54) is 0 Å². The third-order valence-electron chi connectivity index (χ3n) is 2.11. The van der Waals surface area contributed by atoms with E-state index in [0.29, 0.717) is 26.5 Å². The number of nitrogens with zero attached hydrogens (tertiary/aromatic N) is 1. The first-order valence-electron chi connectivity index (χ1n) is 4.33. The van der Waals surface area contributed by atoms with Gasteiger partial charge in [0.15, 0.2) is 6.29 Å². The van der Waals surface area contributed by atoms with Crippen LogP contribution in [0.5, 0.6) is 0 Å². The smallest absolute Gasteiger partial charge is 0.150 e. The molecule has 0 spiro atoms. The van der Waals surface area contributed by atoms with Crippen LogP contribution >= 0.6 is 23.2 Å². The van der Waals surface area contributed by atoms with Crippen LogP contribution in [0.2, 0.25) is 10.0 Å². The molecule has 4 heteroatoms. The highest BCUT2D eigenvalue weighted by molar-refractivity contribution is 6.39. The van der Waals surface area contributed by atoms with Gasteiger partial charge in [-0.25, -0.2) is 0 Å². The summed E-state index contributed by atoms with van der Waals surface area (Å²) >= 11 is 11.9. The predicted octanol–water partition coefficient (Wildman–Crippen LogP) is 3.66. The maximum atomic E-state index is 10.9. The van der Waals surface area contributed by atoms with Gasteiger partial charge in [0, 0.05) is 21.7 Å². The van der Waals surface area contributed by atoms with Gasteiger partial charge in [-0.2, -0.15) is 0 Å². The van der Waals surface area contributed by atoms with Crippen molar-refractivity contribution in [2.45, 2.75) is 6.92 Å². The first kappa shape index (κ1) is 10.4. The fourth-order valence-corrected chi connectivity index (χ4v) is 2.14. The van der Waals surface area contributed by atoms with E-state index in [1.807, 2.05) is 6.92 Å². The van der Waals surface area contributed by atoms with Crippen LogP contribution in [0.25, 0.3) is 10.9 Å². The molecular formula is C11H7Cl2NO. The van der Waals surface area contributed by atoms with E-state index in [9.17, 15) is 4.79 Å². The van der Waals surface area contributed by atoms with Crippen molar-refractivity contribution in [3.63, 3.8) is 0 Å². The Hall–Kier alpha value is -1.12. The number of aryl methyl sites for hydroxylation is 1. The number of carbonyl (C=O) groups is 1. The van der Waals surface area contributed by atoms with Crippen LogP contribution in [0.15, 0.2) is 18.2 Å². The molecule has 76 valence electrons. The van der Waals surface area contributed by atoms with Crippen LogP contribution in [0.4, 0.5) is 0 Å². The van der Waals surface area contributed by atoms with Crippen LogP contribution in [0.3, 0.4) is 0 Å². The molecule has 15 heavy (non-hydrogen) atoms. The summed E-state index contributed by atoms with van der Waals surface area (Å²) in [5, 5.41) is 1.62. The molecule has 0 aliphatic rings. The first-order valence-corrected chi connectivity index (χ1v) is 5.09. The van der Waals surface area contributed by atoms with Crippen molar-refractivity contribution in [1.82, 2.24) is 4.98 Å². The molecule has 0 amide bonds. The van der Waals surface area contributed by atoms with Gasteiger partial charge in [0.2, 0.25) is 0 Å². The second kappa shape index (κ2) is 3.80. The van der Waals surface area contributed by atoms with Gasteiger partial charge in [-0.15, -0.1) is 0 Å². The lowest BCUT2D eigenvalue weighted by Crippen LogP contribution is -1.91. The van der Waals surface area contributed by atoms with Crippen LogP contribution < -0.4 is 0 Å². The lowest BCUT2D eigenvalue weighted by molar-refractivity contribution is 0.112. The Labute approximate surface area is 96.8 Å². The van der Waals surface area contributed by atoms with Crippen LogP contribution in [0, 0.1) is 6.92 Å². The molecule has 1 aromatic carbocycles. The van der Waals surface area contributed by atoms with Crippen LogP contribution in [-0.4, -0.2) is 11.3 Å². The van der Waals surface area contributed by atoms with Crippen molar-refractivity contribution in [2.24, 2.45) is 0 Å². The van der Waals surface area contributed by atoms with Crippen molar-refractivity contribution in [3.05, 3.63) is 39.5 Å². The summed E-state index contributed by atoms with van der Waals surface area (Å²) in [6.07, 6.45) is 0.775. The Morgan fingerprint density at radius 3 is 2.67 bits per heavy atom. The zero-order valence-corrected chi connectivity index (χ0v) is 9.43. The second-order valence-corrected chi connectivity index (χ2v) is 4.10. The minimum Gasteiger partial charge on any atom is -0.298 e. The summed E-state index contributed by atoms with van der Waals surface area (Å²) in [5.41, 5.74) is 1.96. The third-order valence-corrected chi connectivity index (χ3v) is 2.63. The zero-order valence-electron chi connectivity index (χ0n) is 7.92. The van der Waals surface area contributed by atoms with Crippen molar-refractivity contribution in [1.29, 1.82) is 0 Å². The summed E-state index contributed by atoms with van der Waals surface area (Å²) in [7, 11) is 0. The van der Waals surface area contributed by atoms with Crippen molar-refractivity contribution in [2.75, 3.05) is 0 Å². The number of carbonyl (C=O) groups excluding carboxylic acids is 1. The molecule has 2 rings (SSSR count). The van der Waals surface area contributed by atoms with Gasteiger partial charge in [0.1, 0.15) is 0 Å². The van der Waals surface area contributed by atoms with E-state index >= 15 is 0 Å². The number of benzene rings is 1. The number of fused-ring (bicyclic) bond motifs is 1. The van der Waals surface area contributed by atoms with Crippen LogP contribution in [-0.2, 0) is 0 Å². The molecule has 0 radical (unpaired) electrons. The maximum absolute atomic E-state index is 10.9. The lowest BCUT2D eigenvalue weighted by atomic mass is 10.1. The number of rotatable bonds is 1. The fraction of sp³-hybridized carbons (Fsp3) is 0.0909. The Bertz CT molecular complexity index is 547. The summed E-state index contributed by atoms with van der Waals surface area (Å²) in [5.74, 6) is 0. The lowest BCUT2D eigenvalue weighted by Gasteiger charge is -2.05. The molecular weight excluding hydrogens is 233 g/mol. The van der Waals surface area contributed by atoms with E-state index < -0.39 is 0 Å². The second-order valence-electron chi connectivity index (χ2n) is 3.25. The highest BCUT2D eigenvalue weighted by atomic mass is 35.5. The highest BCUT2D eigenvalue weighted by Gasteiger charge is 2.08. The third kappa shape index (κ3) is 1.83. The normalized spacial score (nSPS) is 10.6. The Kier molecular flexibility index (Phi) is 2.63. The number of aromatic nitrogens is 1. The van der Waals surface area contributed by atoms with E-state index in [-0.39, 0.29) is 0 Å². The van der Waals surface area contributed by atoms with Gasteiger partial charge in [-0.3, -0.25) is 9.78 Å². The van der Waals surface area contributed by atoms with Gasteiger partial charge in [0.25, 0.3) is 0 Å². The van der Waals surface area contributed by atoms with Crippen molar-refractivity contribution < 1.29 is 4.79 Å². The molecule has 1 aromatic heterocycles. The number of pyridine rings is 1. The van der Waals surface area contributed by atoms with Gasteiger partial charge < -0.3 is 0 Å². The largest absolute Gasteiger partial charge is 0.298 e. The summed E-state index contributed by atoms with van der Waals surface area (Å²) in [6.45, 7) is 1.82. The minimum atomic E-state index is 0.451. The SMILES string of the molecule is Cc1cc(C=O)c2c(Cl)cc(Cl)cc2n1. The molecule has 0 N–H and O–H groups in total. The minimum absolute atomic E-state index is 0.451. The molecule has 0 atom stereocenters. The number of hydrogen-bond acceptors (Lipinski definition) is 2. The first-order chi connectivity index (χ1) is 7.11. The molecule has 2 nitrogen and oxygen atoms in total. The molecule has 1 heterocycles. The zero-order chi connectivity index (χ0) is 11.0. The monoisotopic (exact) mass is 239 g/mol. The number of aldehydes is 1. The van der Waals surface area contributed by atoms with Gasteiger partial charge in [-0.05, 0) is 25.1 Å². The van der Waals surface area contributed by atoms with E-state index in [0.717, 1.165) is 12.0 Å². The average molecular weight is 240 g/mol. The van der Waals surface area contributed by atoms with Crippen LogP contribution in [0.1, 0.15) is 16.1 Å². The van der Waals surface area contributed by atoms with E-state index in [2.05, 4.69) is 4.98 Å². The molecule has 0 unspecified atom stereocenters. The Morgan fingerprint density at radius 2 is 2.00 bits per heavy atom. The number of halogens is 2. The van der Waals surface area contributed by atoms with E-state index in [4.69, 9.17) is 23.2 Å². The molecule has 0 fully saturated rings. The Morgan fingerprint density at radius 1 is 1.27 bits per heavy atom. The molecule has 0 aliphatic carbocycles. The Balaban J connectivity index is 2.96. The average Bonchev–Trinajstić information content (AvgIpc) is 2.14. The van der Waals surface area contributed by atoms with Gasteiger partial charge >= 0.3 is 0 Å². The summed E-state index contributed by atoms with van der Waals surface area (Å²) < 4.78 is 0. The van der Waals surface area contributed by atoms with Crippen molar-refractivity contribution >= 4 is 40.4 Å². The molecule has 0 saturated heterocycles. The molecule has 0 aliphatic heterocycles. The topological polar surface area (TPSA) is 30.0 Å². The summed E-state index contributed by atoms with van der Waals surface area (Å²) in [4.78, 5) is 15.2. The standard InChI is InChI=1S/C11H7Cl2NO/c1-6-2-7(5-15)11-9(13)3-8(12)4-10(11)14-6/h2-5H,1H3. The summed E-state index contributed by atoms with van der Waals surface area (Å²) in [6, 6.07) is 5.01. The maximum Gasteiger partial charge on any atom is 0.150 e. The quantitative estimate of drug-likeness (QED) is 0.712. The predicted molar refractivity (Wildman–Crippen MR) is 61.9 cm³/mol. The highest BCUT2D eigenvalue weighted by Crippen LogP contribution is 2.29. The molecule has 0 saturated carbocycles. The van der Waals surface area contributed by atoms with Crippen molar-refractivity contribution in [3.8, 4) is 0 Å². The fourth-order valence-electron chi connectivity index (χ4n) is 1.55.